The summed E-state index contributed by atoms with van der Waals surface area (Å²) in [5, 5.41) is 27.7. The van der Waals surface area contributed by atoms with E-state index in [4.69, 9.17) is 28.9 Å². The maximum absolute atomic E-state index is 15.7. The topological polar surface area (TPSA) is 119 Å². The zero-order valence-electron chi connectivity index (χ0n) is 45.7. The summed E-state index contributed by atoms with van der Waals surface area (Å²) in [5.74, 6) is 0.270. The summed E-state index contributed by atoms with van der Waals surface area (Å²) in [6, 6.07) is 38.9. The zero-order chi connectivity index (χ0) is 53.2. The van der Waals surface area contributed by atoms with Gasteiger partial charge in [-0.25, -0.2) is 0 Å². The van der Waals surface area contributed by atoms with Gasteiger partial charge < -0.3 is 38.9 Å². The van der Waals surface area contributed by atoms with Crippen molar-refractivity contribution in [1.82, 2.24) is 4.90 Å². The molecule has 2 aliphatic carbocycles. The molecule has 10 heteroatoms. The van der Waals surface area contributed by atoms with Crippen molar-refractivity contribution in [1.29, 1.82) is 0 Å². The number of nitrogens with zero attached hydrogens (tertiary/aromatic N) is 2. The monoisotopic (exact) mass is 1040 g/mol. The number of benzene rings is 5. The van der Waals surface area contributed by atoms with Gasteiger partial charge in [-0.1, -0.05) is 173 Å². The minimum Gasteiger partial charge on any atom is -0.459 e. The molecule has 0 spiro atoms. The van der Waals surface area contributed by atoms with Gasteiger partial charge in [0.15, 0.2) is 0 Å². The minimum absolute atomic E-state index is 0.0564. The fourth-order valence-electron chi connectivity index (χ4n) is 12.8. The van der Waals surface area contributed by atoms with E-state index in [1.807, 2.05) is 42.5 Å². The normalized spacial score (nSPS) is 23.1. The van der Waals surface area contributed by atoms with Gasteiger partial charge in [-0.2, -0.15) is 0 Å². The van der Waals surface area contributed by atoms with Gasteiger partial charge in [0, 0.05) is 50.5 Å². The Hall–Kier alpha value is -5.78. The molecule has 0 aromatic heterocycles. The van der Waals surface area contributed by atoms with E-state index in [1.54, 1.807) is 6.08 Å². The van der Waals surface area contributed by atoms with Crippen molar-refractivity contribution in [3.05, 3.63) is 151 Å². The molecule has 7 unspecified atom stereocenters. The van der Waals surface area contributed by atoms with Crippen LogP contribution < -0.4 is 9.47 Å². The van der Waals surface area contributed by atoms with Gasteiger partial charge in [-0.3, -0.25) is 4.79 Å². The Balaban J connectivity index is 1.18. The van der Waals surface area contributed by atoms with Gasteiger partial charge in [0.05, 0.1) is 24.8 Å². The number of aliphatic hydroxyl groups excluding tert-OH is 2. The molecule has 410 valence electrons. The lowest BCUT2D eigenvalue weighted by atomic mass is 9.55. The van der Waals surface area contributed by atoms with Gasteiger partial charge in [0.25, 0.3) is 0 Å². The summed E-state index contributed by atoms with van der Waals surface area (Å²) in [6.45, 7) is 7.81. The highest BCUT2D eigenvalue weighted by molar-refractivity contribution is 6.03. The SMILES string of the molecule is C=CCOC12Oc3ccc(Oc4ccc(-c5ccccc5)cc4)cc3C3C(CCCCO)C(CCCCO)C=C(C(=NOC4CCCCO4)CC1N(Cc1cccc4ccccc14)C(=O)CCCCCCCCCCC)C32. The molecule has 77 heavy (non-hydrogen) atoms. The molecule has 0 bridgehead atoms. The van der Waals surface area contributed by atoms with Gasteiger partial charge in [0.2, 0.25) is 18.0 Å². The maximum atomic E-state index is 15.7. The third kappa shape index (κ3) is 13.7. The number of allylic oxidation sites excluding steroid dienone is 1. The van der Waals surface area contributed by atoms with Crippen LogP contribution in [0.15, 0.2) is 145 Å². The van der Waals surface area contributed by atoms with Gasteiger partial charge in [-0.05, 0) is 120 Å². The number of hydrogen-bond donors (Lipinski definition) is 2. The molecule has 2 fully saturated rings. The molecule has 5 aromatic carbocycles. The fraction of sp³-hybridized carbons (Fsp3) is 0.493. The summed E-state index contributed by atoms with van der Waals surface area (Å²) in [4.78, 5) is 24.2. The second-order valence-electron chi connectivity index (χ2n) is 21.9. The minimum atomic E-state index is -1.39. The van der Waals surface area contributed by atoms with Crippen LogP contribution >= 0.6 is 0 Å². The Kier molecular flexibility index (Phi) is 20.5. The van der Waals surface area contributed by atoms with E-state index in [-0.39, 0.29) is 43.5 Å². The standard InChI is InChI=1S/C67H84N2O8/c1-3-5-6-7-8-9-10-11-15-33-63(72)69(48-53-30-24-29-51-27-16-17-31-56(51)53)62-47-60(68-77-64-34-20-23-44-73-64)58-45-52(28-18-21-41-70)57(32-19-22-42-71)65-59-46-55(39-40-61(59)76-67(62,66(58)65)74-43-4-2)75-54-37-35-50(36-38-54)49-25-13-12-14-26-49/h4,12-14,16-17,24-27,29-31,35-40,45-46,52,57,62,64-66,70-71H,2-3,5-11,15,18-23,28,32-34,41-44,47-48H2,1H3. The highest BCUT2D eigenvalue weighted by Crippen LogP contribution is 2.62. The first-order valence-electron chi connectivity index (χ1n) is 29.4. The number of carbonyl (C=O) groups excluding carboxylic acids is 1. The van der Waals surface area contributed by atoms with E-state index in [0.717, 1.165) is 114 Å². The van der Waals surface area contributed by atoms with Crippen LogP contribution in [0, 0.1) is 17.8 Å². The molecule has 1 saturated carbocycles. The Morgan fingerprint density at radius 1 is 0.779 bits per heavy atom. The van der Waals surface area contributed by atoms with Crippen LogP contribution in [0.1, 0.15) is 152 Å². The van der Waals surface area contributed by atoms with Crippen molar-refractivity contribution >= 4 is 22.4 Å². The number of carbonyl (C=O) groups is 1. The smallest absolute Gasteiger partial charge is 0.239 e. The second-order valence-corrected chi connectivity index (χ2v) is 21.9. The van der Waals surface area contributed by atoms with Crippen LogP contribution in [0.5, 0.6) is 17.2 Å². The van der Waals surface area contributed by atoms with Crippen LogP contribution in [-0.2, 0) is 25.7 Å². The first kappa shape index (κ1) is 56.0. The van der Waals surface area contributed by atoms with Gasteiger partial charge >= 0.3 is 0 Å². The third-order valence-corrected chi connectivity index (χ3v) is 16.7. The van der Waals surface area contributed by atoms with E-state index in [0.29, 0.717) is 50.3 Å². The lowest BCUT2D eigenvalue weighted by molar-refractivity contribution is -0.258. The number of fused-ring (bicyclic) bond motifs is 3. The van der Waals surface area contributed by atoms with Crippen molar-refractivity contribution in [3.63, 3.8) is 0 Å². The summed E-state index contributed by atoms with van der Waals surface area (Å²) < 4.78 is 28.0. The summed E-state index contributed by atoms with van der Waals surface area (Å²) in [5.41, 5.74) is 6.08. The Bertz CT molecular complexity index is 2710. The van der Waals surface area contributed by atoms with Crippen LogP contribution in [0.2, 0.25) is 0 Å². The largest absolute Gasteiger partial charge is 0.459 e. The number of ether oxygens (including phenoxy) is 4. The van der Waals surface area contributed by atoms with E-state index in [1.165, 1.54) is 38.5 Å². The quantitative estimate of drug-likeness (QED) is 0.0276. The predicted molar refractivity (Wildman–Crippen MR) is 308 cm³/mol. The number of hydrogen-bond acceptors (Lipinski definition) is 9. The van der Waals surface area contributed by atoms with E-state index in [2.05, 4.69) is 97.3 Å². The molecule has 2 heterocycles. The molecule has 5 aromatic rings. The van der Waals surface area contributed by atoms with Gasteiger partial charge in [-0.15, -0.1) is 6.58 Å². The van der Waals surface area contributed by atoms with Crippen molar-refractivity contribution in [2.75, 3.05) is 26.4 Å². The molecular formula is C67H84N2O8. The first-order valence-corrected chi connectivity index (χ1v) is 29.4. The number of amides is 1. The molecule has 2 aliphatic heterocycles. The molecule has 9 rings (SSSR count). The van der Waals surface area contributed by atoms with Crippen LogP contribution in [0.4, 0.5) is 0 Å². The second kappa shape index (κ2) is 28.2. The molecule has 4 aliphatic rings. The van der Waals surface area contributed by atoms with Crippen LogP contribution in [0.3, 0.4) is 0 Å². The van der Waals surface area contributed by atoms with E-state index in [9.17, 15) is 10.2 Å². The molecule has 2 N–H and O–H groups in total. The lowest BCUT2D eigenvalue weighted by Crippen LogP contribution is -2.70. The number of unbranched alkanes of at least 4 members (excludes halogenated alkanes) is 10. The first-order chi connectivity index (χ1) is 37.9. The Morgan fingerprint density at radius 2 is 1.49 bits per heavy atom. The van der Waals surface area contributed by atoms with E-state index < -0.39 is 24.0 Å². The average Bonchev–Trinajstić information content (AvgIpc) is 3.54. The van der Waals surface area contributed by atoms with Crippen molar-refractivity contribution in [2.24, 2.45) is 22.9 Å². The number of aliphatic hydroxyl groups is 2. The zero-order valence-corrected chi connectivity index (χ0v) is 45.7. The fourth-order valence-corrected chi connectivity index (χ4v) is 12.8. The van der Waals surface area contributed by atoms with Gasteiger partial charge in [0.1, 0.15) is 23.3 Å². The highest BCUT2D eigenvalue weighted by Gasteiger charge is 2.65. The van der Waals surface area contributed by atoms with Crippen LogP contribution in [0.25, 0.3) is 21.9 Å². The van der Waals surface area contributed by atoms with Crippen LogP contribution in [-0.4, -0.2) is 71.3 Å². The van der Waals surface area contributed by atoms with Crippen molar-refractivity contribution in [2.45, 2.75) is 166 Å². The molecule has 1 amide bonds. The lowest BCUT2D eigenvalue weighted by Gasteiger charge is -2.60. The predicted octanol–water partition coefficient (Wildman–Crippen LogP) is 15.4. The highest BCUT2D eigenvalue weighted by atomic mass is 16.8. The average molecular weight is 1050 g/mol. The molecule has 7 atom stereocenters. The third-order valence-electron chi connectivity index (χ3n) is 16.7. The summed E-state index contributed by atoms with van der Waals surface area (Å²) in [7, 11) is 0. The Morgan fingerprint density at radius 3 is 2.25 bits per heavy atom. The van der Waals surface area contributed by atoms with Crippen molar-refractivity contribution < 1.29 is 38.8 Å². The number of rotatable bonds is 29. The maximum Gasteiger partial charge on any atom is 0.239 e. The summed E-state index contributed by atoms with van der Waals surface area (Å²) >= 11 is 0. The summed E-state index contributed by atoms with van der Waals surface area (Å²) in [6.07, 6.45) is 22.3. The molecular weight excluding hydrogens is 961 g/mol. The molecule has 1 saturated heterocycles. The van der Waals surface area contributed by atoms with Crippen molar-refractivity contribution in [3.8, 4) is 28.4 Å². The number of oxime groups is 1. The molecule has 10 nitrogen and oxygen atoms in total. The molecule has 0 radical (unpaired) electrons. The van der Waals surface area contributed by atoms with E-state index >= 15 is 4.79 Å². The Labute approximate surface area is 458 Å².